The lowest BCUT2D eigenvalue weighted by Gasteiger charge is -2.48. The molecular formula is C35H60O11. The lowest BCUT2D eigenvalue weighted by atomic mass is 9.78. The number of hydrogen-bond donors (Lipinski definition) is 4. The largest absolute Gasteiger partial charge is 0.481 e. The quantitative estimate of drug-likeness (QED) is 0.286. The predicted octanol–water partition coefficient (Wildman–Crippen LogP) is 3.88. The number of aliphatic carboxylic acids is 1. The molecule has 17 atom stereocenters. The van der Waals surface area contributed by atoms with Crippen LogP contribution < -0.4 is 0 Å². The second-order valence-corrected chi connectivity index (χ2v) is 16.2. The number of aliphatic hydroxyl groups excluding tert-OH is 2. The highest BCUT2D eigenvalue weighted by Gasteiger charge is 2.61. The highest BCUT2D eigenvalue weighted by Crippen LogP contribution is 2.54. The molecule has 4 N–H and O–H groups in total. The van der Waals surface area contributed by atoms with E-state index in [9.17, 15) is 25.2 Å². The number of rotatable bonds is 9. The van der Waals surface area contributed by atoms with Gasteiger partial charge in [0.05, 0.1) is 66.5 Å². The van der Waals surface area contributed by atoms with Crippen LogP contribution in [0.5, 0.6) is 0 Å². The van der Waals surface area contributed by atoms with Gasteiger partial charge in [0.1, 0.15) is 0 Å². The van der Waals surface area contributed by atoms with Gasteiger partial charge in [0, 0.05) is 37.7 Å². The third kappa shape index (κ3) is 6.42. The molecule has 11 nitrogen and oxygen atoms in total. The molecule has 0 radical (unpaired) electrons. The predicted molar refractivity (Wildman–Crippen MR) is 168 cm³/mol. The Morgan fingerprint density at radius 3 is 2.30 bits per heavy atom. The minimum absolute atomic E-state index is 0.167. The Labute approximate surface area is 274 Å². The molecule has 5 heterocycles. The number of ether oxygens (including phenoxy) is 6. The number of carboxylic acid groups (broad SMARTS) is 1. The molecule has 0 bridgehead atoms. The molecule has 0 aliphatic carbocycles. The van der Waals surface area contributed by atoms with E-state index < -0.39 is 59.6 Å². The maximum Gasteiger partial charge on any atom is 0.308 e. The van der Waals surface area contributed by atoms with Crippen molar-refractivity contribution < 1.29 is 53.6 Å². The van der Waals surface area contributed by atoms with Gasteiger partial charge in [-0.3, -0.25) is 4.79 Å². The average Bonchev–Trinajstić information content (AvgIpc) is 3.69. The molecule has 1 spiro atoms. The van der Waals surface area contributed by atoms with Crippen LogP contribution in [0.15, 0.2) is 0 Å². The van der Waals surface area contributed by atoms with Gasteiger partial charge in [-0.1, -0.05) is 34.6 Å². The lowest BCUT2D eigenvalue weighted by molar-refractivity contribution is -0.336. The van der Waals surface area contributed by atoms with E-state index in [4.69, 9.17) is 28.4 Å². The smallest absolute Gasteiger partial charge is 0.308 e. The zero-order chi connectivity index (χ0) is 34.0. The van der Waals surface area contributed by atoms with E-state index in [1.165, 1.54) is 7.11 Å². The number of carbonyl (C=O) groups is 1. The molecule has 0 aromatic carbocycles. The monoisotopic (exact) mass is 656 g/mol. The van der Waals surface area contributed by atoms with Gasteiger partial charge < -0.3 is 48.8 Å². The van der Waals surface area contributed by atoms with E-state index in [2.05, 4.69) is 27.7 Å². The second kappa shape index (κ2) is 13.1. The van der Waals surface area contributed by atoms with Gasteiger partial charge in [-0.25, -0.2) is 0 Å². The Hall–Kier alpha value is -0.890. The van der Waals surface area contributed by atoms with Gasteiger partial charge in [0.2, 0.25) is 0 Å². The number of methoxy groups -OCH3 is 1. The first-order valence-electron chi connectivity index (χ1n) is 17.6. The molecule has 5 aliphatic heterocycles. The zero-order valence-corrected chi connectivity index (χ0v) is 29.3. The molecular weight excluding hydrogens is 596 g/mol. The van der Waals surface area contributed by atoms with Crippen LogP contribution in [0.1, 0.15) is 100 Å². The molecule has 5 saturated heterocycles. The summed E-state index contributed by atoms with van der Waals surface area (Å²) >= 11 is 0. The third-order valence-corrected chi connectivity index (χ3v) is 12.6. The molecule has 266 valence electrons. The van der Waals surface area contributed by atoms with Crippen LogP contribution >= 0.6 is 0 Å². The molecule has 11 heteroatoms. The standard InChI is InChI=1S/C35H60O11/c1-18-14-20(3)35(40,17-36)45-27(18)25-15-19(2)30(42-25)33(8)11-10-26(43-33)32(7)12-13-34(46-32)16-24(37)21(4)29(44-34)22(5)28(41-9)23(6)31(38)39/h18-30,36-37,40H,10-17H2,1-9H3,(H,38,39)/t18-,19-,20+,21-,22+,23+,24+,25-,26-,27+,28-,29+,30?,32+,33+,34-,35+/m1/s1. The molecule has 46 heavy (non-hydrogen) atoms. The van der Waals surface area contributed by atoms with E-state index in [1.54, 1.807) is 6.92 Å². The van der Waals surface area contributed by atoms with Crippen molar-refractivity contribution in [2.45, 2.75) is 166 Å². The molecule has 0 aromatic heterocycles. The first-order chi connectivity index (χ1) is 21.4. The molecule has 5 rings (SSSR count). The summed E-state index contributed by atoms with van der Waals surface area (Å²) in [4.78, 5) is 11.8. The normalized spacial score (nSPS) is 51.7. The Bertz CT molecular complexity index is 1090. The van der Waals surface area contributed by atoms with E-state index in [1.807, 2.05) is 20.8 Å². The van der Waals surface area contributed by atoms with Crippen LogP contribution in [-0.4, -0.2) is 106 Å². The van der Waals surface area contributed by atoms with Crippen molar-refractivity contribution in [2.75, 3.05) is 13.7 Å². The van der Waals surface area contributed by atoms with Crippen LogP contribution in [0.4, 0.5) is 0 Å². The third-order valence-electron chi connectivity index (χ3n) is 12.6. The van der Waals surface area contributed by atoms with Crippen molar-refractivity contribution in [3.05, 3.63) is 0 Å². The summed E-state index contributed by atoms with van der Waals surface area (Å²) in [7, 11) is 1.52. The van der Waals surface area contributed by atoms with Crippen molar-refractivity contribution in [3.63, 3.8) is 0 Å². The minimum Gasteiger partial charge on any atom is -0.481 e. The highest BCUT2D eigenvalue weighted by atomic mass is 16.7. The van der Waals surface area contributed by atoms with Crippen LogP contribution in [0.2, 0.25) is 0 Å². The molecule has 5 fully saturated rings. The first-order valence-corrected chi connectivity index (χ1v) is 17.6. The molecule has 0 aromatic rings. The van der Waals surface area contributed by atoms with Gasteiger partial charge in [-0.05, 0) is 64.7 Å². The average molecular weight is 657 g/mol. The second-order valence-electron chi connectivity index (χ2n) is 16.2. The minimum atomic E-state index is -1.56. The SMILES string of the molecule is CO[C@H]([C@H](C)[C@H]1O[C@@]2(CC[C@@](C)([C@H]3CC[C@@](C)(C4O[C@@H]([C@H]5O[C@@](O)(CO)[C@@H](C)C[C@H]5C)C[C@H]4C)O3)O2)C[C@H](O)[C@H]1C)[C@H](C)C(=O)O. The number of aliphatic hydroxyl groups is 3. The molecule has 0 amide bonds. The fourth-order valence-electron chi connectivity index (χ4n) is 9.64. The fraction of sp³-hybridized carbons (Fsp3) is 0.971. The van der Waals surface area contributed by atoms with Crippen molar-refractivity contribution >= 4 is 5.97 Å². The summed E-state index contributed by atoms with van der Waals surface area (Å²) in [5.74, 6) is -4.52. The molecule has 0 saturated carbocycles. The fourth-order valence-corrected chi connectivity index (χ4v) is 9.64. The van der Waals surface area contributed by atoms with Gasteiger partial charge >= 0.3 is 5.97 Å². The van der Waals surface area contributed by atoms with Crippen LogP contribution in [0, 0.1) is 35.5 Å². The summed E-state index contributed by atoms with van der Waals surface area (Å²) in [6.07, 6.45) is 2.15. The summed E-state index contributed by atoms with van der Waals surface area (Å²) in [5, 5.41) is 41.7. The van der Waals surface area contributed by atoms with Crippen molar-refractivity contribution in [1.29, 1.82) is 0 Å². The number of carboxylic acids is 1. The van der Waals surface area contributed by atoms with Crippen LogP contribution in [-0.2, 0) is 33.2 Å². The summed E-state index contributed by atoms with van der Waals surface area (Å²) in [6, 6.07) is 0. The van der Waals surface area contributed by atoms with E-state index in [0.717, 1.165) is 25.7 Å². The maximum atomic E-state index is 11.8. The Morgan fingerprint density at radius 2 is 1.67 bits per heavy atom. The maximum absolute atomic E-state index is 11.8. The zero-order valence-electron chi connectivity index (χ0n) is 29.3. The topological polar surface area (TPSA) is 153 Å². The summed E-state index contributed by atoms with van der Waals surface area (Å²) < 4.78 is 39.1. The highest BCUT2D eigenvalue weighted by molar-refractivity contribution is 5.70. The molecule has 1 unspecified atom stereocenters. The van der Waals surface area contributed by atoms with Crippen LogP contribution in [0.3, 0.4) is 0 Å². The van der Waals surface area contributed by atoms with E-state index >= 15 is 0 Å². The Balaban J connectivity index is 1.26. The Kier molecular flexibility index (Phi) is 10.4. The van der Waals surface area contributed by atoms with E-state index in [-0.39, 0.29) is 54.0 Å². The van der Waals surface area contributed by atoms with Crippen molar-refractivity contribution in [1.82, 2.24) is 0 Å². The van der Waals surface area contributed by atoms with Crippen molar-refractivity contribution in [3.8, 4) is 0 Å². The summed E-state index contributed by atoms with van der Waals surface area (Å²) in [5.41, 5.74) is -1.19. The van der Waals surface area contributed by atoms with Gasteiger partial charge in [-0.2, -0.15) is 0 Å². The number of hydrogen-bond acceptors (Lipinski definition) is 10. The van der Waals surface area contributed by atoms with Gasteiger partial charge in [0.25, 0.3) is 0 Å². The van der Waals surface area contributed by atoms with Gasteiger partial charge in [0.15, 0.2) is 11.6 Å². The summed E-state index contributed by atoms with van der Waals surface area (Å²) in [6.45, 7) is 15.5. The van der Waals surface area contributed by atoms with Crippen molar-refractivity contribution in [2.24, 2.45) is 35.5 Å². The van der Waals surface area contributed by atoms with Gasteiger partial charge in [-0.15, -0.1) is 0 Å². The first kappa shape index (κ1) is 36.4. The van der Waals surface area contributed by atoms with Crippen LogP contribution in [0.25, 0.3) is 0 Å². The molecule has 5 aliphatic rings. The Morgan fingerprint density at radius 1 is 0.978 bits per heavy atom. The lowest BCUT2D eigenvalue weighted by Crippen LogP contribution is -2.57. The van der Waals surface area contributed by atoms with E-state index in [0.29, 0.717) is 19.3 Å².